The average molecular weight is 463 g/mol. The third-order valence-electron chi connectivity index (χ3n) is 7.18. The summed E-state index contributed by atoms with van der Waals surface area (Å²) >= 11 is 0. The molecule has 7 rings (SSSR count). The Morgan fingerprint density at radius 2 is 1.88 bits per heavy atom. The van der Waals surface area contributed by atoms with Crippen LogP contribution in [0, 0.1) is 24.5 Å². The van der Waals surface area contributed by atoms with Crippen LogP contribution < -0.4 is 0 Å². The summed E-state index contributed by atoms with van der Waals surface area (Å²) in [6.07, 6.45) is 4.89. The second kappa shape index (κ2) is 8.09. The van der Waals surface area contributed by atoms with Crippen molar-refractivity contribution in [2.75, 3.05) is 19.6 Å². The van der Waals surface area contributed by atoms with Gasteiger partial charge in [0.15, 0.2) is 5.65 Å². The van der Waals surface area contributed by atoms with Crippen molar-refractivity contribution in [3.63, 3.8) is 0 Å². The Morgan fingerprint density at radius 3 is 2.59 bits per heavy atom. The van der Waals surface area contributed by atoms with E-state index in [-0.39, 0.29) is 24.3 Å². The zero-order valence-corrected chi connectivity index (χ0v) is 18.7. The fourth-order valence-corrected chi connectivity index (χ4v) is 5.50. The van der Waals surface area contributed by atoms with E-state index in [1.165, 1.54) is 12.3 Å². The lowest BCUT2D eigenvalue weighted by Gasteiger charge is -2.45. The zero-order chi connectivity index (χ0) is 23.4. The largest absolute Gasteiger partial charge is 0.479 e. The Kier molecular flexibility index (Phi) is 5.02. The second-order valence-electron chi connectivity index (χ2n) is 9.30. The van der Waals surface area contributed by atoms with Crippen molar-refractivity contribution in [3.05, 3.63) is 65.1 Å². The summed E-state index contributed by atoms with van der Waals surface area (Å²) in [6, 6.07) is 6.37. The van der Waals surface area contributed by atoms with E-state index in [2.05, 4.69) is 24.8 Å². The smallest absolute Gasteiger partial charge is 0.316 e. The highest BCUT2D eigenvalue weighted by Crippen LogP contribution is 2.40. The predicted octanol–water partition coefficient (Wildman–Crippen LogP) is 4.04. The molecule has 1 N–H and O–H groups in total. The van der Waals surface area contributed by atoms with E-state index in [9.17, 15) is 9.50 Å². The molecule has 1 aromatic carbocycles. The molecule has 174 valence electrons. The fraction of sp³-hybridized carbons (Fsp3) is 0.360. The summed E-state index contributed by atoms with van der Waals surface area (Å²) in [7, 11) is 0. The highest BCUT2D eigenvalue weighted by molar-refractivity contribution is 5.79. The van der Waals surface area contributed by atoms with Crippen molar-refractivity contribution in [2.24, 2.45) is 5.92 Å². The summed E-state index contributed by atoms with van der Waals surface area (Å²) in [5.74, 6) is 0.495. The molecule has 3 aromatic heterocycles. The summed E-state index contributed by atoms with van der Waals surface area (Å²) in [4.78, 5) is 19.1. The van der Waals surface area contributed by atoms with E-state index in [0.29, 0.717) is 34.2 Å². The van der Waals surface area contributed by atoms with Crippen LogP contribution in [0.25, 0.3) is 22.6 Å². The lowest BCUT2D eigenvalue weighted by Crippen LogP contribution is -2.46. The number of halogens is 2. The van der Waals surface area contributed by atoms with E-state index >= 15 is 4.39 Å². The molecule has 7 nitrogen and oxygen atoms in total. The third kappa shape index (κ3) is 3.60. The maximum atomic E-state index is 15.3. The van der Waals surface area contributed by atoms with Crippen molar-refractivity contribution in [3.8, 4) is 17.4 Å². The highest BCUT2D eigenvalue weighted by Gasteiger charge is 2.36. The number of fused-ring (bicyclic) bond motifs is 4. The first kappa shape index (κ1) is 21.1. The van der Waals surface area contributed by atoms with Gasteiger partial charge in [-0.15, -0.1) is 0 Å². The molecule has 34 heavy (non-hydrogen) atoms. The van der Waals surface area contributed by atoms with E-state index in [4.69, 9.17) is 0 Å². The number of hydrogen-bond donors (Lipinski definition) is 1. The number of benzene rings is 1. The SMILES string of the molecule is Cc1nc(O)nc2c1nc(-c1cncc(F)c1)n2Cc1ccc(C2CN3CCC2CC3)c(F)c1. The molecular formula is C25H24F2N6O. The van der Waals surface area contributed by atoms with Crippen LogP contribution in [0.4, 0.5) is 8.78 Å². The second-order valence-corrected chi connectivity index (χ2v) is 9.30. The van der Waals surface area contributed by atoms with Gasteiger partial charge in [0.2, 0.25) is 0 Å². The predicted molar refractivity (Wildman–Crippen MR) is 122 cm³/mol. The number of nitrogens with zero attached hydrogens (tertiary/aromatic N) is 6. The number of aryl methyl sites for hydroxylation is 1. The molecule has 3 aliphatic rings. The zero-order valence-electron chi connectivity index (χ0n) is 18.7. The molecule has 0 saturated carbocycles. The van der Waals surface area contributed by atoms with Crippen molar-refractivity contribution in [2.45, 2.75) is 32.2 Å². The Hall–Kier alpha value is -3.46. The molecule has 2 bridgehead atoms. The topological polar surface area (TPSA) is 80.0 Å². The number of imidazole rings is 1. The minimum absolute atomic E-state index is 0.205. The van der Waals surface area contributed by atoms with E-state index in [1.807, 2.05) is 12.1 Å². The molecule has 0 spiro atoms. The first-order chi connectivity index (χ1) is 16.5. The quantitative estimate of drug-likeness (QED) is 0.493. The molecular weight excluding hydrogens is 438 g/mol. The highest BCUT2D eigenvalue weighted by atomic mass is 19.1. The number of aromatic nitrogens is 5. The number of piperidine rings is 3. The van der Waals surface area contributed by atoms with Crippen LogP contribution in [0.1, 0.15) is 35.6 Å². The molecule has 0 amide bonds. The molecule has 3 saturated heterocycles. The van der Waals surface area contributed by atoms with Gasteiger partial charge in [-0.2, -0.15) is 9.97 Å². The van der Waals surface area contributed by atoms with Crippen molar-refractivity contribution >= 4 is 11.2 Å². The lowest BCUT2D eigenvalue weighted by molar-refractivity contribution is 0.0856. The van der Waals surface area contributed by atoms with Crippen LogP contribution in [0.5, 0.6) is 6.01 Å². The maximum absolute atomic E-state index is 15.3. The van der Waals surface area contributed by atoms with Crippen LogP contribution in [-0.2, 0) is 6.54 Å². The standard InChI is InChI=1S/C25H24F2N6O/c1-14-22-24(31-25(34)29-14)33(23(30-22)17-9-18(26)11-28-10-17)12-15-2-3-19(21(27)8-15)20-13-32-6-4-16(20)5-7-32/h2-3,8-11,16,20H,4-7,12-13H2,1H3,(H,29,31,34). The summed E-state index contributed by atoms with van der Waals surface area (Å²) in [6.45, 7) is 5.10. The van der Waals surface area contributed by atoms with Gasteiger partial charge in [0.1, 0.15) is 23.0 Å². The molecule has 1 unspecified atom stereocenters. The fourth-order valence-electron chi connectivity index (χ4n) is 5.50. The van der Waals surface area contributed by atoms with Gasteiger partial charge >= 0.3 is 6.01 Å². The first-order valence-corrected chi connectivity index (χ1v) is 11.5. The van der Waals surface area contributed by atoms with Gasteiger partial charge in [0.05, 0.1) is 18.4 Å². The Labute approximate surface area is 195 Å². The third-order valence-corrected chi connectivity index (χ3v) is 7.18. The van der Waals surface area contributed by atoms with Crippen LogP contribution in [-0.4, -0.2) is 54.1 Å². The van der Waals surface area contributed by atoms with Gasteiger partial charge in [-0.1, -0.05) is 12.1 Å². The normalized spacial score (nSPS) is 21.9. The monoisotopic (exact) mass is 462 g/mol. The van der Waals surface area contributed by atoms with Gasteiger partial charge in [-0.25, -0.2) is 13.8 Å². The van der Waals surface area contributed by atoms with Gasteiger partial charge in [0, 0.05) is 24.2 Å². The molecule has 4 aromatic rings. The van der Waals surface area contributed by atoms with E-state index in [1.54, 1.807) is 17.6 Å². The minimum Gasteiger partial charge on any atom is -0.479 e. The molecule has 0 aliphatic carbocycles. The molecule has 3 aliphatic heterocycles. The Morgan fingerprint density at radius 1 is 1.06 bits per heavy atom. The first-order valence-electron chi connectivity index (χ1n) is 11.5. The van der Waals surface area contributed by atoms with Crippen molar-refractivity contribution in [1.29, 1.82) is 0 Å². The Balaban J connectivity index is 1.41. The summed E-state index contributed by atoms with van der Waals surface area (Å²) in [5, 5.41) is 10.0. The van der Waals surface area contributed by atoms with Crippen LogP contribution in [0.2, 0.25) is 0 Å². The number of rotatable bonds is 4. The molecule has 6 heterocycles. The summed E-state index contributed by atoms with van der Waals surface area (Å²) < 4.78 is 31.0. The number of hydrogen-bond acceptors (Lipinski definition) is 6. The molecule has 3 fully saturated rings. The van der Waals surface area contributed by atoms with Crippen molar-refractivity contribution in [1.82, 2.24) is 29.4 Å². The van der Waals surface area contributed by atoms with Crippen molar-refractivity contribution < 1.29 is 13.9 Å². The average Bonchev–Trinajstić information content (AvgIpc) is 3.18. The van der Waals surface area contributed by atoms with Crippen LogP contribution in [0.3, 0.4) is 0 Å². The number of pyridine rings is 1. The number of aromatic hydroxyl groups is 1. The lowest BCUT2D eigenvalue weighted by atomic mass is 9.75. The van der Waals surface area contributed by atoms with E-state index in [0.717, 1.165) is 49.8 Å². The van der Waals surface area contributed by atoms with E-state index < -0.39 is 5.82 Å². The molecule has 0 radical (unpaired) electrons. The van der Waals surface area contributed by atoms with Crippen LogP contribution >= 0.6 is 0 Å². The molecule has 1 atom stereocenters. The maximum Gasteiger partial charge on any atom is 0.316 e. The van der Waals surface area contributed by atoms with Gasteiger partial charge in [-0.05, 0) is 62.0 Å². The Bertz CT molecular complexity index is 1400. The summed E-state index contributed by atoms with van der Waals surface area (Å²) in [5.41, 5.74) is 3.34. The van der Waals surface area contributed by atoms with Gasteiger partial charge < -0.3 is 14.6 Å². The minimum atomic E-state index is -0.491. The molecule has 9 heteroatoms. The van der Waals surface area contributed by atoms with Gasteiger partial charge in [0.25, 0.3) is 0 Å². The van der Waals surface area contributed by atoms with Gasteiger partial charge in [-0.3, -0.25) is 4.98 Å². The van der Waals surface area contributed by atoms with Crippen LogP contribution in [0.15, 0.2) is 36.7 Å².